The third-order valence-corrected chi connectivity index (χ3v) is 4.34. The molecule has 3 rings (SSSR count). The summed E-state index contributed by atoms with van der Waals surface area (Å²) in [4.78, 5) is 16.3. The quantitative estimate of drug-likeness (QED) is 0.913. The number of nitrogens with zero attached hydrogens (tertiary/aromatic N) is 1. The number of hydrogen-bond donors (Lipinski definition) is 2. The molecule has 0 aliphatic carbocycles. The number of thiazole rings is 1. The number of aromatic nitrogens is 1. The zero-order valence-electron chi connectivity index (χ0n) is 11.9. The van der Waals surface area contributed by atoms with Crippen LogP contribution in [-0.2, 0) is 4.79 Å². The van der Waals surface area contributed by atoms with Crippen molar-refractivity contribution in [2.45, 2.75) is 25.3 Å². The van der Waals surface area contributed by atoms with Crippen LogP contribution in [0.25, 0.3) is 11.3 Å². The molecule has 2 aromatic rings. The summed E-state index contributed by atoms with van der Waals surface area (Å²) in [5, 5.41) is 7.39. The Kier molecular flexibility index (Phi) is 3.92. The Morgan fingerprint density at radius 3 is 2.91 bits per heavy atom. The second-order valence-electron chi connectivity index (χ2n) is 5.34. The van der Waals surface area contributed by atoms with Crippen molar-refractivity contribution in [1.82, 2.24) is 10.3 Å². The molecule has 1 aromatic heterocycles. The molecule has 1 amide bonds. The second kappa shape index (κ2) is 5.73. The number of rotatable bonds is 3. The highest BCUT2D eigenvalue weighted by Crippen LogP contribution is 2.29. The monoisotopic (exact) mass is 323 g/mol. The number of halogens is 2. The van der Waals surface area contributed by atoms with Crippen LogP contribution in [0.15, 0.2) is 29.6 Å². The van der Waals surface area contributed by atoms with Crippen LogP contribution in [0.1, 0.15) is 12.0 Å². The number of anilines is 1. The fourth-order valence-corrected chi connectivity index (χ4v) is 3.12. The molecule has 2 N–H and O–H groups in total. The van der Waals surface area contributed by atoms with Gasteiger partial charge in [-0.1, -0.05) is 24.3 Å². The lowest BCUT2D eigenvalue weighted by Crippen LogP contribution is -2.35. The Morgan fingerprint density at radius 1 is 1.45 bits per heavy atom. The van der Waals surface area contributed by atoms with Gasteiger partial charge in [0.25, 0.3) is 5.92 Å². The topological polar surface area (TPSA) is 54.0 Å². The Bertz CT molecular complexity index is 702. The van der Waals surface area contributed by atoms with Crippen molar-refractivity contribution >= 4 is 22.4 Å². The summed E-state index contributed by atoms with van der Waals surface area (Å²) >= 11 is 1.28. The van der Waals surface area contributed by atoms with Gasteiger partial charge in [-0.3, -0.25) is 10.1 Å². The van der Waals surface area contributed by atoms with Crippen LogP contribution in [0.3, 0.4) is 0 Å². The summed E-state index contributed by atoms with van der Waals surface area (Å²) in [5.41, 5.74) is 2.84. The minimum atomic E-state index is -2.82. The number of amides is 1. The van der Waals surface area contributed by atoms with E-state index in [0.29, 0.717) is 5.13 Å². The summed E-state index contributed by atoms with van der Waals surface area (Å²) in [6.07, 6.45) is -0.477. The highest BCUT2D eigenvalue weighted by Gasteiger charge is 2.42. The van der Waals surface area contributed by atoms with Crippen LogP contribution in [-0.4, -0.2) is 29.4 Å². The number of carbonyl (C=O) groups excluding carboxylic acids is 1. The summed E-state index contributed by atoms with van der Waals surface area (Å²) < 4.78 is 26.2. The lowest BCUT2D eigenvalue weighted by molar-refractivity contribution is -0.118. The van der Waals surface area contributed by atoms with Gasteiger partial charge in [0, 0.05) is 17.4 Å². The lowest BCUT2D eigenvalue weighted by Gasteiger charge is -2.09. The average molecular weight is 323 g/mol. The van der Waals surface area contributed by atoms with Gasteiger partial charge in [0.1, 0.15) is 0 Å². The zero-order chi connectivity index (χ0) is 15.7. The van der Waals surface area contributed by atoms with Crippen molar-refractivity contribution in [2.24, 2.45) is 0 Å². The summed E-state index contributed by atoms with van der Waals surface area (Å²) in [5.74, 6) is -3.29. The van der Waals surface area contributed by atoms with E-state index < -0.39 is 30.8 Å². The van der Waals surface area contributed by atoms with Crippen molar-refractivity contribution in [3.05, 3.63) is 35.2 Å². The van der Waals surface area contributed by atoms with E-state index in [2.05, 4.69) is 15.6 Å². The van der Waals surface area contributed by atoms with Crippen LogP contribution >= 0.6 is 11.3 Å². The fourth-order valence-electron chi connectivity index (χ4n) is 2.41. The number of carbonyl (C=O) groups is 1. The minimum Gasteiger partial charge on any atom is -0.301 e. The van der Waals surface area contributed by atoms with Gasteiger partial charge in [-0.25, -0.2) is 13.8 Å². The van der Waals surface area contributed by atoms with Crippen LogP contribution in [0.5, 0.6) is 0 Å². The SMILES string of the molecule is Cc1ccccc1-c1csc(NC(=O)C2CC(F)(F)CN2)n1. The van der Waals surface area contributed by atoms with Gasteiger partial charge in [0.15, 0.2) is 5.13 Å². The van der Waals surface area contributed by atoms with Crippen LogP contribution < -0.4 is 10.6 Å². The van der Waals surface area contributed by atoms with E-state index in [0.717, 1.165) is 16.8 Å². The van der Waals surface area contributed by atoms with Gasteiger partial charge in [-0.2, -0.15) is 0 Å². The van der Waals surface area contributed by atoms with Gasteiger partial charge in [-0.05, 0) is 12.5 Å². The smallest absolute Gasteiger partial charge is 0.262 e. The fraction of sp³-hybridized carbons (Fsp3) is 0.333. The third-order valence-electron chi connectivity index (χ3n) is 3.58. The van der Waals surface area contributed by atoms with Gasteiger partial charge < -0.3 is 5.32 Å². The van der Waals surface area contributed by atoms with E-state index in [1.54, 1.807) is 0 Å². The maximum atomic E-state index is 13.1. The minimum absolute atomic E-state index is 0.417. The van der Waals surface area contributed by atoms with E-state index in [1.807, 2.05) is 36.6 Å². The van der Waals surface area contributed by atoms with E-state index >= 15 is 0 Å². The van der Waals surface area contributed by atoms with Crippen LogP contribution in [0.2, 0.25) is 0 Å². The molecule has 22 heavy (non-hydrogen) atoms. The lowest BCUT2D eigenvalue weighted by atomic mass is 10.1. The summed E-state index contributed by atoms with van der Waals surface area (Å²) in [6.45, 7) is 1.52. The molecule has 0 saturated carbocycles. The van der Waals surface area contributed by atoms with Crippen molar-refractivity contribution in [1.29, 1.82) is 0 Å². The standard InChI is InChI=1S/C15H15F2N3OS/c1-9-4-2-3-5-10(9)12-7-22-14(19-12)20-13(21)11-6-15(16,17)8-18-11/h2-5,7,11,18H,6,8H2,1H3,(H,19,20,21). The Balaban J connectivity index is 1.70. The molecular formula is C15H15F2N3OS. The summed E-state index contributed by atoms with van der Waals surface area (Å²) in [6, 6.07) is 6.93. The van der Waals surface area contributed by atoms with E-state index in [4.69, 9.17) is 0 Å². The molecule has 116 valence electrons. The first-order valence-electron chi connectivity index (χ1n) is 6.88. The van der Waals surface area contributed by atoms with Crippen LogP contribution in [0.4, 0.5) is 13.9 Å². The molecule has 7 heteroatoms. The first-order chi connectivity index (χ1) is 10.4. The van der Waals surface area contributed by atoms with E-state index in [1.165, 1.54) is 11.3 Å². The predicted octanol–water partition coefficient (Wildman–Crippen LogP) is 3.05. The number of hydrogen-bond acceptors (Lipinski definition) is 4. The first kappa shape index (κ1) is 15.1. The van der Waals surface area contributed by atoms with Gasteiger partial charge in [-0.15, -0.1) is 11.3 Å². The van der Waals surface area contributed by atoms with Gasteiger partial charge in [0.05, 0.1) is 18.3 Å². The molecule has 1 aliphatic rings. The molecule has 0 spiro atoms. The normalized spacial score (nSPS) is 20.0. The van der Waals surface area contributed by atoms with Crippen molar-refractivity contribution in [2.75, 3.05) is 11.9 Å². The Labute approximate surface area is 130 Å². The van der Waals surface area contributed by atoms with Crippen LogP contribution in [0, 0.1) is 6.92 Å². The number of alkyl halides is 2. The number of nitrogens with one attached hydrogen (secondary N) is 2. The molecule has 1 aliphatic heterocycles. The molecule has 0 bridgehead atoms. The second-order valence-corrected chi connectivity index (χ2v) is 6.19. The van der Waals surface area contributed by atoms with Crippen molar-refractivity contribution < 1.29 is 13.6 Å². The summed E-state index contributed by atoms with van der Waals surface area (Å²) in [7, 11) is 0. The molecule has 1 aromatic carbocycles. The van der Waals surface area contributed by atoms with Crippen molar-refractivity contribution in [3.63, 3.8) is 0 Å². The molecular weight excluding hydrogens is 308 g/mol. The maximum Gasteiger partial charge on any atom is 0.262 e. The first-order valence-corrected chi connectivity index (χ1v) is 7.76. The third kappa shape index (κ3) is 3.15. The predicted molar refractivity (Wildman–Crippen MR) is 82.3 cm³/mol. The molecule has 0 radical (unpaired) electrons. The highest BCUT2D eigenvalue weighted by molar-refractivity contribution is 7.14. The number of aryl methyl sites for hydroxylation is 1. The average Bonchev–Trinajstić information content (AvgIpc) is 3.06. The Hall–Kier alpha value is -1.86. The van der Waals surface area contributed by atoms with Gasteiger partial charge >= 0.3 is 0 Å². The largest absolute Gasteiger partial charge is 0.301 e. The molecule has 1 unspecified atom stereocenters. The van der Waals surface area contributed by atoms with Gasteiger partial charge in [0.2, 0.25) is 5.91 Å². The Morgan fingerprint density at radius 2 is 2.23 bits per heavy atom. The molecule has 1 atom stereocenters. The highest BCUT2D eigenvalue weighted by atomic mass is 32.1. The van der Waals surface area contributed by atoms with Crippen molar-refractivity contribution in [3.8, 4) is 11.3 Å². The van der Waals surface area contributed by atoms with E-state index in [-0.39, 0.29) is 0 Å². The molecule has 1 fully saturated rings. The zero-order valence-corrected chi connectivity index (χ0v) is 12.7. The number of benzene rings is 1. The van der Waals surface area contributed by atoms with E-state index in [9.17, 15) is 13.6 Å². The molecule has 2 heterocycles. The maximum absolute atomic E-state index is 13.1. The molecule has 1 saturated heterocycles. The molecule has 4 nitrogen and oxygen atoms in total.